The number of rotatable bonds is 5. The predicted octanol–water partition coefficient (Wildman–Crippen LogP) is 2.72. The maximum Gasteiger partial charge on any atom is 0.337 e. The standard InChI is InChI=1S/C21H17FN4O2/c1-2-11-25-20(27)18-19(23-14-24(18)13-15-7-4-3-5-8-15)26(21(25)28)17-10-6-9-16(22)12-17/h2-10,12,14H,1,11,13H2. The Morgan fingerprint density at radius 1 is 1.07 bits per heavy atom. The molecular weight excluding hydrogens is 359 g/mol. The Bertz CT molecular complexity index is 1290. The zero-order valence-electron chi connectivity index (χ0n) is 15.0. The van der Waals surface area contributed by atoms with Crippen LogP contribution < -0.4 is 11.2 Å². The summed E-state index contributed by atoms with van der Waals surface area (Å²) in [4.78, 5) is 30.3. The highest BCUT2D eigenvalue weighted by Crippen LogP contribution is 2.15. The summed E-state index contributed by atoms with van der Waals surface area (Å²) < 4.78 is 17.8. The normalized spacial score (nSPS) is 11.0. The molecule has 140 valence electrons. The molecule has 4 rings (SSSR count). The Hall–Kier alpha value is -3.74. The van der Waals surface area contributed by atoms with E-state index >= 15 is 0 Å². The minimum atomic E-state index is -0.590. The van der Waals surface area contributed by atoms with E-state index in [1.165, 1.54) is 35.2 Å². The van der Waals surface area contributed by atoms with Crippen molar-refractivity contribution < 1.29 is 4.39 Å². The van der Waals surface area contributed by atoms with Gasteiger partial charge < -0.3 is 4.57 Å². The fraction of sp³-hybridized carbons (Fsp3) is 0.0952. The van der Waals surface area contributed by atoms with E-state index in [0.29, 0.717) is 12.2 Å². The van der Waals surface area contributed by atoms with Gasteiger partial charge in [0.15, 0.2) is 11.2 Å². The minimum absolute atomic E-state index is 0.0411. The summed E-state index contributed by atoms with van der Waals surface area (Å²) in [6.07, 6.45) is 3.00. The average Bonchev–Trinajstić information content (AvgIpc) is 3.09. The number of fused-ring (bicyclic) bond motifs is 1. The fourth-order valence-electron chi connectivity index (χ4n) is 3.22. The van der Waals surface area contributed by atoms with Gasteiger partial charge in [-0.2, -0.15) is 0 Å². The second-order valence-corrected chi connectivity index (χ2v) is 6.33. The van der Waals surface area contributed by atoms with E-state index in [-0.39, 0.29) is 17.7 Å². The molecule has 2 heterocycles. The Labute approximate surface area is 159 Å². The number of aromatic nitrogens is 4. The molecule has 0 N–H and O–H groups in total. The van der Waals surface area contributed by atoms with E-state index in [9.17, 15) is 14.0 Å². The Balaban J connectivity index is 2.03. The molecule has 0 fully saturated rings. The zero-order valence-corrected chi connectivity index (χ0v) is 15.0. The summed E-state index contributed by atoms with van der Waals surface area (Å²) in [5.41, 5.74) is 0.707. The third kappa shape index (κ3) is 2.96. The quantitative estimate of drug-likeness (QED) is 0.503. The number of benzene rings is 2. The van der Waals surface area contributed by atoms with Gasteiger partial charge in [-0.05, 0) is 23.8 Å². The smallest absolute Gasteiger partial charge is 0.320 e. The second-order valence-electron chi connectivity index (χ2n) is 6.33. The van der Waals surface area contributed by atoms with Crippen LogP contribution >= 0.6 is 0 Å². The maximum atomic E-state index is 13.8. The van der Waals surface area contributed by atoms with E-state index in [1.807, 2.05) is 30.3 Å². The molecule has 0 unspecified atom stereocenters. The summed E-state index contributed by atoms with van der Waals surface area (Å²) in [6.45, 7) is 4.08. The molecule has 0 atom stereocenters. The van der Waals surface area contributed by atoms with E-state index < -0.39 is 17.1 Å². The number of allylic oxidation sites excluding steroid dienone is 1. The first-order valence-corrected chi connectivity index (χ1v) is 8.71. The van der Waals surface area contributed by atoms with Crippen LogP contribution in [-0.4, -0.2) is 18.7 Å². The maximum absolute atomic E-state index is 13.8. The van der Waals surface area contributed by atoms with Gasteiger partial charge in [0.1, 0.15) is 5.82 Å². The van der Waals surface area contributed by atoms with Crippen molar-refractivity contribution in [3.8, 4) is 5.69 Å². The molecule has 0 aliphatic carbocycles. The van der Waals surface area contributed by atoms with Crippen molar-refractivity contribution in [1.29, 1.82) is 0 Å². The molecule has 0 spiro atoms. The molecular formula is C21H17FN4O2. The van der Waals surface area contributed by atoms with Crippen LogP contribution in [0.4, 0.5) is 4.39 Å². The largest absolute Gasteiger partial charge is 0.337 e. The lowest BCUT2D eigenvalue weighted by atomic mass is 10.2. The Kier molecular flexibility index (Phi) is 4.49. The fourth-order valence-corrected chi connectivity index (χ4v) is 3.22. The summed E-state index contributed by atoms with van der Waals surface area (Å²) in [5.74, 6) is -0.484. The molecule has 4 aromatic rings. The molecule has 0 saturated carbocycles. The summed E-state index contributed by atoms with van der Waals surface area (Å²) in [5, 5.41) is 0. The van der Waals surface area contributed by atoms with Crippen LogP contribution in [0.15, 0.2) is 83.2 Å². The number of imidazole rings is 1. The number of hydrogen-bond donors (Lipinski definition) is 0. The molecule has 0 radical (unpaired) electrons. The van der Waals surface area contributed by atoms with Crippen LogP contribution in [0.1, 0.15) is 5.56 Å². The molecule has 0 saturated heterocycles. The van der Waals surface area contributed by atoms with Gasteiger partial charge in [0.2, 0.25) is 0 Å². The molecule has 28 heavy (non-hydrogen) atoms. The molecule has 6 nitrogen and oxygen atoms in total. The van der Waals surface area contributed by atoms with Gasteiger partial charge in [0.25, 0.3) is 5.56 Å². The van der Waals surface area contributed by atoms with E-state index in [1.54, 1.807) is 10.6 Å². The first-order chi connectivity index (χ1) is 13.6. The van der Waals surface area contributed by atoms with Crippen molar-refractivity contribution in [1.82, 2.24) is 18.7 Å². The lowest BCUT2D eigenvalue weighted by Gasteiger charge is -2.12. The van der Waals surface area contributed by atoms with Crippen LogP contribution in [0.25, 0.3) is 16.9 Å². The van der Waals surface area contributed by atoms with Gasteiger partial charge in [-0.1, -0.05) is 42.5 Å². The van der Waals surface area contributed by atoms with Gasteiger partial charge in [0, 0.05) is 13.1 Å². The number of halogens is 1. The van der Waals surface area contributed by atoms with Gasteiger partial charge in [-0.15, -0.1) is 6.58 Å². The van der Waals surface area contributed by atoms with Gasteiger partial charge in [-0.3, -0.25) is 9.36 Å². The monoisotopic (exact) mass is 376 g/mol. The Morgan fingerprint density at radius 2 is 1.86 bits per heavy atom. The number of hydrogen-bond acceptors (Lipinski definition) is 3. The van der Waals surface area contributed by atoms with Gasteiger partial charge in [-0.25, -0.2) is 18.7 Å². The second kappa shape index (κ2) is 7.11. The van der Waals surface area contributed by atoms with Crippen molar-refractivity contribution in [2.45, 2.75) is 13.1 Å². The molecule has 0 aliphatic rings. The van der Waals surface area contributed by atoms with Crippen molar-refractivity contribution in [2.24, 2.45) is 0 Å². The molecule has 7 heteroatoms. The lowest BCUT2D eigenvalue weighted by molar-refractivity contribution is 0.624. The summed E-state index contributed by atoms with van der Waals surface area (Å²) in [6, 6.07) is 15.2. The van der Waals surface area contributed by atoms with Crippen molar-refractivity contribution in [3.05, 3.63) is 106 Å². The highest BCUT2D eigenvalue weighted by atomic mass is 19.1. The molecule has 2 aromatic carbocycles. The summed E-state index contributed by atoms with van der Waals surface area (Å²) in [7, 11) is 0. The predicted molar refractivity (Wildman–Crippen MR) is 105 cm³/mol. The van der Waals surface area contributed by atoms with Gasteiger partial charge >= 0.3 is 5.69 Å². The highest BCUT2D eigenvalue weighted by molar-refractivity contribution is 5.72. The lowest BCUT2D eigenvalue weighted by Crippen LogP contribution is -2.39. The van der Waals surface area contributed by atoms with Crippen molar-refractivity contribution >= 4 is 11.2 Å². The first kappa shape index (κ1) is 17.7. The van der Waals surface area contributed by atoms with Crippen LogP contribution in [-0.2, 0) is 13.1 Å². The van der Waals surface area contributed by atoms with E-state index in [4.69, 9.17) is 0 Å². The molecule has 0 amide bonds. The molecule has 0 aliphatic heterocycles. The van der Waals surface area contributed by atoms with E-state index in [0.717, 1.165) is 10.1 Å². The SMILES string of the molecule is C=CCn1c(=O)c2c(ncn2Cc2ccccc2)n(-c2cccc(F)c2)c1=O. The third-order valence-electron chi connectivity index (χ3n) is 4.47. The number of nitrogens with zero attached hydrogens (tertiary/aromatic N) is 4. The van der Waals surface area contributed by atoms with Gasteiger partial charge in [0.05, 0.1) is 12.0 Å². The minimum Gasteiger partial charge on any atom is -0.320 e. The van der Waals surface area contributed by atoms with Crippen LogP contribution in [0.3, 0.4) is 0 Å². The van der Waals surface area contributed by atoms with E-state index in [2.05, 4.69) is 11.6 Å². The highest BCUT2D eigenvalue weighted by Gasteiger charge is 2.19. The van der Waals surface area contributed by atoms with Crippen LogP contribution in [0, 0.1) is 5.82 Å². The average molecular weight is 376 g/mol. The molecule has 2 aromatic heterocycles. The van der Waals surface area contributed by atoms with Crippen LogP contribution in [0.2, 0.25) is 0 Å². The third-order valence-corrected chi connectivity index (χ3v) is 4.47. The summed E-state index contributed by atoms with van der Waals surface area (Å²) >= 11 is 0. The molecule has 0 bridgehead atoms. The topological polar surface area (TPSA) is 61.8 Å². The zero-order chi connectivity index (χ0) is 19.7. The first-order valence-electron chi connectivity index (χ1n) is 8.71. The van der Waals surface area contributed by atoms with Crippen molar-refractivity contribution in [2.75, 3.05) is 0 Å². The van der Waals surface area contributed by atoms with Crippen LogP contribution in [0.5, 0.6) is 0 Å². The van der Waals surface area contributed by atoms with Crippen molar-refractivity contribution in [3.63, 3.8) is 0 Å². The Morgan fingerprint density at radius 3 is 2.57 bits per heavy atom.